The molecule has 6 nitrogen and oxygen atoms in total. The van der Waals surface area contributed by atoms with Crippen molar-refractivity contribution in [1.82, 2.24) is 15.1 Å². The SMILES string of the molecule is Cc1ccc(Nc2nc(N)cc(-c3c(C)noc3C)n2)cc1. The average molecular weight is 295 g/mol. The molecule has 0 spiro atoms. The number of hydrogen-bond donors (Lipinski definition) is 2. The summed E-state index contributed by atoms with van der Waals surface area (Å²) in [5.74, 6) is 1.54. The van der Waals surface area contributed by atoms with E-state index in [-0.39, 0.29) is 0 Å². The molecule has 112 valence electrons. The number of hydrogen-bond acceptors (Lipinski definition) is 6. The fourth-order valence-corrected chi connectivity index (χ4v) is 2.26. The lowest BCUT2D eigenvalue weighted by molar-refractivity contribution is 0.393. The Kier molecular flexibility index (Phi) is 3.50. The van der Waals surface area contributed by atoms with Crippen molar-refractivity contribution in [2.45, 2.75) is 20.8 Å². The highest BCUT2D eigenvalue weighted by molar-refractivity contribution is 5.68. The summed E-state index contributed by atoms with van der Waals surface area (Å²) in [4.78, 5) is 8.74. The van der Waals surface area contributed by atoms with E-state index in [4.69, 9.17) is 10.3 Å². The summed E-state index contributed by atoms with van der Waals surface area (Å²) < 4.78 is 5.19. The Hall–Kier alpha value is -2.89. The second kappa shape index (κ2) is 5.48. The fourth-order valence-electron chi connectivity index (χ4n) is 2.26. The number of aryl methyl sites for hydroxylation is 3. The molecule has 0 aliphatic rings. The van der Waals surface area contributed by atoms with E-state index in [1.165, 1.54) is 5.56 Å². The maximum Gasteiger partial charge on any atom is 0.229 e. The molecule has 3 rings (SSSR count). The molecule has 0 radical (unpaired) electrons. The summed E-state index contributed by atoms with van der Waals surface area (Å²) in [5.41, 5.74) is 10.3. The van der Waals surface area contributed by atoms with Gasteiger partial charge in [0.25, 0.3) is 0 Å². The Morgan fingerprint density at radius 3 is 2.41 bits per heavy atom. The van der Waals surface area contributed by atoms with Crippen molar-refractivity contribution in [2.24, 2.45) is 0 Å². The third kappa shape index (κ3) is 2.76. The summed E-state index contributed by atoms with van der Waals surface area (Å²) >= 11 is 0. The molecule has 6 heteroatoms. The third-order valence-electron chi connectivity index (χ3n) is 3.34. The van der Waals surface area contributed by atoms with Crippen molar-refractivity contribution in [1.29, 1.82) is 0 Å². The Bertz CT molecular complexity index is 788. The standard InChI is InChI=1S/C16H17N5O/c1-9-4-6-12(7-5-9)18-16-19-13(8-14(17)20-16)15-10(2)21-22-11(15)3/h4-8H,1-3H3,(H3,17,18,19,20). The van der Waals surface area contributed by atoms with Crippen LogP contribution in [0.15, 0.2) is 34.9 Å². The number of aromatic nitrogens is 3. The number of nitrogens with zero attached hydrogens (tertiary/aromatic N) is 3. The van der Waals surface area contributed by atoms with E-state index < -0.39 is 0 Å². The number of nitrogen functional groups attached to an aromatic ring is 1. The average Bonchev–Trinajstić information content (AvgIpc) is 2.80. The van der Waals surface area contributed by atoms with Gasteiger partial charge >= 0.3 is 0 Å². The number of benzene rings is 1. The summed E-state index contributed by atoms with van der Waals surface area (Å²) in [6.07, 6.45) is 0. The first kappa shape index (κ1) is 14.1. The molecule has 0 bridgehead atoms. The van der Waals surface area contributed by atoms with Gasteiger partial charge in [-0.05, 0) is 32.9 Å². The van der Waals surface area contributed by atoms with Crippen molar-refractivity contribution in [3.63, 3.8) is 0 Å². The third-order valence-corrected chi connectivity index (χ3v) is 3.34. The first-order valence-corrected chi connectivity index (χ1v) is 6.94. The molecular weight excluding hydrogens is 278 g/mol. The molecule has 0 saturated carbocycles. The Morgan fingerprint density at radius 2 is 1.77 bits per heavy atom. The van der Waals surface area contributed by atoms with Gasteiger partial charge in [0.1, 0.15) is 11.6 Å². The minimum Gasteiger partial charge on any atom is -0.384 e. The smallest absolute Gasteiger partial charge is 0.229 e. The maximum atomic E-state index is 5.90. The molecule has 22 heavy (non-hydrogen) atoms. The molecule has 0 aliphatic heterocycles. The fraction of sp³-hybridized carbons (Fsp3) is 0.188. The largest absolute Gasteiger partial charge is 0.384 e. The Morgan fingerprint density at radius 1 is 1.05 bits per heavy atom. The van der Waals surface area contributed by atoms with Crippen molar-refractivity contribution in [2.75, 3.05) is 11.1 Å². The van der Waals surface area contributed by atoms with Crippen LogP contribution in [-0.2, 0) is 0 Å². The van der Waals surface area contributed by atoms with Crippen LogP contribution < -0.4 is 11.1 Å². The zero-order valence-electron chi connectivity index (χ0n) is 12.7. The van der Waals surface area contributed by atoms with Crippen LogP contribution in [0.25, 0.3) is 11.3 Å². The first-order chi connectivity index (χ1) is 10.5. The normalized spacial score (nSPS) is 10.7. The first-order valence-electron chi connectivity index (χ1n) is 6.94. The summed E-state index contributed by atoms with van der Waals surface area (Å²) in [7, 11) is 0. The summed E-state index contributed by atoms with van der Waals surface area (Å²) in [6.45, 7) is 5.76. The van der Waals surface area contributed by atoms with E-state index in [1.54, 1.807) is 6.07 Å². The van der Waals surface area contributed by atoms with Crippen LogP contribution in [0.1, 0.15) is 17.0 Å². The van der Waals surface area contributed by atoms with Crippen LogP contribution >= 0.6 is 0 Å². The molecule has 2 aromatic heterocycles. The molecule has 3 N–H and O–H groups in total. The van der Waals surface area contributed by atoms with E-state index >= 15 is 0 Å². The molecule has 0 saturated heterocycles. The van der Waals surface area contributed by atoms with Crippen LogP contribution in [0, 0.1) is 20.8 Å². The minimum absolute atomic E-state index is 0.389. The van der Waals surface area contributed by atoms with E-state index in [9.17, 15) is 0 Å². The van der Waals surface area contributed by atoms with Crippen molar-refractivity contribution in [3.05, 3.63) is 47.3 Å². The second-order valence-corrected chi connectivity index (χ2v) is 5.19. The lowest BCUT2D eigenvalue weighted by Gasteiger charge is -2.08. The minimum atomic E-state index is 0.389. The van der Waals surface area contributed by atoms with Crippen molar-refractivity contribution in [3.8, 4) is 11.3 Å². The number of rotatable bonds is 3. The van der Waals surface area contributed by atoms with Crippen LogP contribution in [0.5, 0.6) is 0 Å². The van der Waals surface area contributed by atoms with Gasteiger partial charge in [-0.2, -0.15) is 4.98 Å². The van der Waals surface area contributed by atoms with E-state index in [2.05, 4.69) is 20.4 Å². The van der Waals surface area contributed by atoms with Crippen molar-refractivity contribution < 1.29 is 4.52 Å². The molecule has 2 heterocycles. The lowest BCUT2D eigenvalue weighted by Crippen LogP contribution is -2.02. The number of nitrogens with two attached hydrogens (primary N) is 1. The van der Waals surface area contributed by atoms with Gasteiger partial charge < -0.3 is 15.6 Å². The molecular formula is C16H17N5O. The zero-order chi connectivity index (χ0) is 15.7. The van der Waals surface area contributed by atoms with Gasteiger partial charge in [0, 0.05) is 11.8 Å². The Labute approximate surface area is 128 Å². The van der Waals surface area contributed by atoms with E-state index in [1.807, 2.05) is 45.0 Å². The number of nitrogens with one attached hydrogen (secondary N) is 1. The molecule has 0 unspecified atom stereocenters. The van der Waals surface area contributed by atoms with Gasteiger partial charge in [-0.3, -0.25) is 0 Å². The number of anilines is 3. The Balaban J connectivity index is 1.98. The highest BCUT2D eigenvalue weighted by Gasteiger charge is 2.15. The zero-order valence-corrected chi connectivity index (χ0v) is 12.7. The molecule has 1 aromatic carbocycles. The van der Waals surface area contributed by atoms with Crippen LogP contribution in [0.3, 0.4) is 0 Å². The highest BCUT2D eigenvalue weighted by atomic mass is 16.5. The van der Waals surface area contributed by atoms with Gasteiger partial charge in [0.15, 0.2) is 0 Å². The van der Waals surface area contributed by atoms with E-state index in [0.717, 1.165) is 16.9 Å². The van der Waals surface area contributed by atoms with Crippen LogP contribution in [0.2, 0.25) is 0 Å². The summed E-state index contributed by atoms with van der Waals surface area (Å²) in [5, 5.41) is 7.11. The molecule has 0 atom stereocenters. The monoisotopic (exact) mass is 295 g/mol. The highest BCUT2D eigenvalue weighted by Crippen LogP contribution is 2.27. The quantitative estimate of drug-likeness (QED) is 0.770. The molecule has 0 fully saturated rings. The second-order valence-electron chi connectivity index (χ2n) is 5.19. The van der Waals surface area contributed by atoms with Crippen molar-refractivity contribution >= 4 is 17.5 Å². The van der Waals surface area contributed by atoms with Gasteiger partial charge in [0.05, 0.1) is 17.0 Å². The predicted octanol–water partition coefficient (Wildman–Crippen LogP) is 3.38. The lowest BCUT2D eigenvalue weighted by atomic mass is 10.1. The van der Waals surface area contributed by atoms with E-state index in [0.29, 0.717) is 23.2 Å². The maximum absolute atomic E-state index is 5.90. The van der Waals surface area contributed by atoms with Gasteiger partial charge in [-0.25, -0.2) is 4.98 Å². The predicted molar refractivity (Wildman–Crippen MR) is 85.9 cm³/mol. The van der Waals surface area contributed by atoms with Crippen LogP contribution in [-0.4, -0.2) is 15.1 Å². The summed E-state index contributed by atoms with van der Waals surface area (Å²) in [6, 6.07) is 9.69. The molecule has 3 aromatic rings. The van der Waals surface area contributed by atoms with Gasteiger partial charge in [-0.15, -0.1) is 0 Å². The van der Waals surface area contributed by atoms with Crippen LogP contribution in [0.4, 0.5) is 17.5 Å². The molecule has 0 amide bonds. The topological polar surface area (TPSA) is 89.9 Å². The molecule has 0 aliphatic carbocycles. The van der Waals surface area contributed by atoms with Gasteiger partial charge in [0.2, 0.25) is 5.95 Å². The van der Waals surface area contributed by atoms with Gasteiger partial charge in [-0.1, -0.05) is 22.9 Å².